The van der Waals surface area contributed by atoms with E-state index < -0.39 is 6.10 Å². The molecule has 0 saturated heterocycles. The van der Waals surface area contributed by atoms with Crippen molar-refractivity contribution < 1.29 is 9.84 Å². The highest BCUT2D eigenvalue weighted by atomic mass is 16.5. The van der Waals surface area contributed by atoms with Crippen LogP contribution in [0, 0.1) is 13.8 Å². The molecular weight excluding hydrogens is 260 g/mol. The zero-order chi connectivity index (χ0) is 15.6. The van der Waals surface area contributed by atoms with Crippen LogP contribution in [0.2, 0.25) is 0 Å². The van der Waals surface area contributed by atoms with Crippen LogP contribution in [0.4, 0.5) is 0 Å². The number of benzene rings is 2. The molecule has 2 aromatic carbocycles. The lowest BCUT2D eigenvalue weighted by Crippen LogP contribution is -2.04. The summed E-state index contributed by atoms with van der Waals surface area (Å²) in [4.78, 5) is 0. The van der Waals surface area contributed by atoms with Gasteiger partial charge in [-0.3, -0.25) is 0 Å². The highest BCUT2D eigenvalue weighted by Crippen LogP contribution is 2.30. The normalized spacial score (nSPS) is 12.5. The highest BCUT2D eigenvalue weighted by molar-refractivity contribution is 5.45. The zero-order valence-corrected chi connectivity index (χ0v) is 13.5. The smallest absolute Gasteiger partial charge is 0.122 e. The maximum Gasteiger partial charge on any atom is 0.122 e. The molecule has 2 heteroatoms. The van der Waals surface area contributed by atoms with Crippen molar-refractivity contribution in [1.29, 1.82) is 0 Å². The van der Waals surface area contributed by atoms with Gasteiger partial charge >= 0.3 is 0 Å². The number of aliphatic hydroxyl groups is 1. The molecule has 1 N–H and O–H groups in total. The second-order valence-electron chi connectivity index (χ2n) is 5.90. The number of hydrogen-bond donors (Lipinski definition) is 1. The summed E-state index contributed by atoms with van der Waals surface area (Å²) in [5.41, 5.74) is 5.22. The molecule has 1 unspecified atom stereocenters. The Kier molecular flexibility index (Phi) is 4.69. The van der Waals surface area contributed by atoms with Crippen LogP contribution in [0.3, 0.4) is 0 Å². The summed E-state index contributed by atoms with van der Waals surface area (Å²) >= 11 is 0. The lowest BCUT2D eigenvalue weighted by molar-refractivity contribution is 0.219. The number of methoxy groups -OCH3 is 1. The van der Waals surface area contributed by atoms with Crippen molar-refractivity contribution in [2.45, 2.75) is 39.7 Å². The van der Waals surface area contributed by atoms with Crippen molar-refractivity contribution in [1.82, 2.24) is 0 Å². The molecule has 2 rings (SSSR count). The number of rotatable bonds is 4. The Morgan fingerprint density at radius 2 is 1.48 bits per heavy atom. The number of ether oxygens (including phenoxy) is 1. The van der Waals surface area contributed by atoms with Crippen molar-refractivity contribution in [3.8, 4) is 5.75 Å². The lowest BCUT2D eigenvalue weighted by atomic mass is 9.93. The Morgan fingerprint density at radius 1 is 0.905 bits per heavy atom. The fourth-order valence-electron chi connectivity index (χ4n) is 2.57. The molecule has 0 aromatic heterocycles. The molecule has 1 atom stereocenters. The molecule has 0 aliphatic carbocycles. The Labute approximate surface area is 127 Å². The first-order chi connectivity index (χ1) is 9.93. The van der Waals surface area contributed by atoms with E-state index in [-0.39, 0.29) is 0 Å². The Hall–Kier alpha value is -1.80. The van der Waals surface area contributed by atoms with E-state index in [1.807, 2.05) is 38.1 Å². The number of aliphatic hydroxyl groups excluding tert-OH is 1. The maximum absolute atomic E-state index is 10.6. The van der Waals surface area contributed by atoms with Gasteiger partial charge in [-0.25, -0.2) is 0 Å². The van der Waals surface area contributed by atoms with E-state index in [0.29, 0.717) is 5.92 Å². The molecule has 0 radical (unpaired) electrons. The minimum atomic E-state index is -0.601. The van der Waals surface area contributed by atoms with Crippen LogP contribution in [-0.4, -0.2) is 12.2 Å². The van der Waals surface area contributed by atoms with Crippen LogP contribution in [0.15, 0.2) is 36.4 Å². The molecule has 0 aliphatic heterocycles. The predicted octanol–water partition coefficient (Wildman–Crippen LogP) is 4.52. The van der Waals surface area contributed by atoms with Gasteiger partial charge in [0, 0.05) is 0 Å². The van der Waals surface area contributed by atoms with Crippen molar-refractivity contribution >= 4 is 0 Å². The Bertz CT molecular complexity index is 612. The summed E-state index contributed by atoms with van der Waals surface area (Å²) < 4.78 is 5.33. The first kappa shape index (κ1) is 15.6. The first-order valence-electron chi connectivity index (χ1n) is 7.37. The van der Waals surface area contributed by atoms with Crippen LogP contribution in [-0.2, 0) is 0 Å². The van der Waals surface area contributed by atoms with Gasteiger partial charge in [0.05, 0.1) is 7.11 Å². The van der Waals surface area contributed by atoms with Crippen LogP contribution < -0.4 is 4.74 Å². The molecular formula is C19H24O2. The van der Waals surface area contributed by atoms with Gasteiger partial charge in [0.25, 0.3) is 0 Å². The van der Waals surface area contributed by atoms with Gasteiger partial charge < -0.3 is 9.84 Å². The summed E-state index contributed by atoms with van der Waals surface area (Å²) in [6.07, 6.45) is -0.601. The van der Waals surface area contributed by atoms with Crippen molar-refractivity contribution in [2.24, 2.45) is 0 Å². The van der Waals surface area contributed by atoms with Crippen LogP contribution in [0.5, 0.6) is 5.75 Å². The first-order valence-corrected chi connectivity index (χ1v) is 7.37. The molecule has 0 aliphatic rings. The standard InChI is InChI=1S/C19H24O2/c1-12(2)15-6-8-16(9-7-15)19(20)17-10-14(4)18(21-5)11-13(17)3/h6-12,19-20H,1-5H3. The van der Waals surface area contributed by atoms with Crippen molar-refractivity contribution in [3.63, 3.8) is 0 Å². The highest BCUT2D eigenvalue weighted by Gasteiger charge is 2.15. The van der Waals surface area contributed by atoms with E-state index in [2.05, 4.69) is 26.0 Å². The van der Waals surface area contributed by atoms with Crippen molar-refractivity contribution in [3.05, 3.63) is 64.2 Å². The molecule has 0 bridgehead atoms. The third-order valence-electron chi connectivity index (χ3n) is 4.00. The summed E-state index contributed by atoms with van der Waals surface area (Å²) in [5, 5.41) is 10.6. The van der Waals surface area contributed by atoms with Gasteiger partial charge in [-0.15, -0.1) is 0 Å². The van der Waals surface area contributed by atoms with Crippen LogP contribution in [0.25, 0.3) is 0 Å². The quantitative estimate of drug-likeness (QED) is 0.894. The van der Waals surface area contributed by atoms with Gasteiger partial charge in [-0.1, -0.05) is 38.1 Å². The second kappa shape index (κ2) is 6.31. The largest absolute Gasteiger partial charge is 0.496 e. The molecule has 0 fully saturated rings. The maximum atomic E-state index is 10.6. The van der Waals surface area contributed by atoms with Crippen molar-refractivity contribution in [2.75, 3.05) is 7.11 Å². The van der Waals surface area contributed by atoms with Crippen LogP contribution >= 0.6 is 0 Å². The van der Waals surface area contributed by atoms with E-state index in [9.17, 15) is 5.11 Å². The second-order valence-corrected chi connectivity index (χ2v) is 5.90. The van der Waals surface area contributed by atoms with E-state index in [1.54, 1.807) is 7.11 Å². The molecule has 2 nitrogen and oxygen atoms in total. The minimum Gasteiger partial charge on any atom is -0.496 e. The lowest BCUT2D eigenvalue weighted by Gasteiger charge is -2.17. The van der Waals surface area contributed by atoms with E-state index in [4.69, 9.17) is 4.74 Å². The molecule has 112 valence electrons. The number of aryl methyl sites for hydroxylation is 2. The molecule has 2 aromatic rings. The summed E-state index contributed by atoms with van der Waals surface area (Å²) in [5.74, 6) is 1.36. The average molecular weight is 284 g/mol. The van der Waals surface area contributed by atoms with Gasteiger partial charge in [0.2, 0.25) is 0 Å². The fraction of sp³-hybridized carbons (Fsp3) is 0.368. The monoisotopic (exact) mass is 284 g/mol. The van der Waals surface area contributed by atoms with Gasteiger partial charge in [0.1, 0.15) is 11.9 Å². The third-order valence-corrected chi connectivity index (χ3v) is 4.00. The third kappa shape index (κ3) is 3.27. The molecule has 0 heterocycles. The van der Waals surface area contributed by atoms with Gasteiger partial charge in [-0.05, 0) is 59.7 Å². The minimum absolute atomic E-state index is 0.501. The topological polar surface area (TPSA) is 29.5 Å². The van der Waals surface area contributed by atoms with Crippen LogP contribution in [0.1, 0.15) is 53.7 Å². The molecule has 0 amide bonds. The SMILES string of the molecule is COc1cc(C)c(C(O)c2ccc(C(C)C)cc2)cc1C. The Morgan fingerprint density at radius 3 is 2.00 bits per heavy atom. The molecule has 0 spiro atoms. The zero-order valence-electron chi connectivity index (χ0n) is 13.5. The Balaban J connectivity index is 2.35. The molecule has 0 saturated carbocycles. The summed E-state index contributed by atoms with van der Waals surface area (Å²) in [6, 6.07) is 12.2. The summed E-state index contributed by atoms with van der Waals surface area (Å²) in [6.45, 7) is 8.34. The van der Waals surface area contributed by atoms with Gasteiger partial charge in [0.15, 0.2) is 0 Å². The van der Waals surface area contributed by atoms with E-state index >= 15 is 0 Å². The van der Waals surface area contributed by atoms with Gasteiger partial charge in [-0.2, -0.15) is 0 Å². The average Bonchev–Trinajstić information content (AvgIpc) is 2.48. The van der Waals surface area contributed by atoms with E-state index in [1.165, 1.54) is 5.56 Å². The van der Waals surface area contributed by atoms with E-state index in [0.717, 1.165) is 28.0 Å². The predicted molar refractivity (Wildman–Crippen MR) is 87.1 cm³/mol. The number of hydrogen-bond acceptors (Lipinski definition) is 2. The molecule has 21 heavy (non-hydrogen) atoms. The summed E-state index contributed by atoms with van der Waals surface area (Å²) in [7, 11) is 1.67. The fourth-order valence-corrected chi connectivity index (χ4v) is 2.57.